The second-order valence-electron chi connectivity index (χ2n) is 7.70. The first kappa shape index (κ1) is 22.2. The molecule has 6 nitrogen and oxygen atoms in total. The van der Waals surface area contributed by atoms with Crippen LogP contribution in [-0.2, 0) is 11.2 Å². The molecule has 4 rings (SSSR count). The third-order valence-electron chi connectivity index (χ3n) is 5.47. The van der Waals surface area contributed by atoms with Crippen LogP contribution in [0.25, 0.3) is 11.3 Å². The van der Waals surface area contributed by atoms with Crippen LogP contribution in [0, 0.1) is 0 Å². The van der Waals surface area contributed by atoms with Crippen LogP contribution in [0.15, 0.2) is 59.1 Å². The summed E-state index contributed by atoms with van der Waals surface area (Å²) in [6, 6.07) is 15.1. The Hall–Kier alpha value is -2.99. The lowest BCUT2D eigenvalue weighted by molar-refractivity contribution is -0.133. The molecule has 0 atom stereocenters. The van der Waals surface area contributed by atoms with E-state index in [1.165, 1.54) is 0 Å². The molecule has 0 unspecified atom stereocenters. The number of carbonyl (C=O) groups is 1. The fourth-order valence-corrected chi connectivity index (χ4v) is 3.90. The first-order valence-electron chi connectivity index (χ1n) is 11.0. The third kappa shape index (κ3) is 5.62. The molecule has 1 saturated heterocycles. The highest BCUT2D eigenvalue weighted by atomic mass is 35.5. The summed E-state index contributed by atoms with van der Waals surface area (Å²) < 4.78 is 17.6. The third-order valence-corrected chi connectivity index (χ3v) is 5.72. The van der Waals surface area contributed by atoms with Gasteiger partial charge < -0.3 is 18.8 Å². The minimum atomic E-state index is 0.0781. The number of oxazole rings is 1. The predicted octanol–water partition coefficient (Wildman–Crippen LogP) is 5.40. The van der Waals surface area contributed by atoms with Gasteiger partial charge in [0.2, 0.25) is 5.91 Å². The number of para-hydroxylation sites is 2. The number of likely N-dealkylation sites (tertiary alicyclic amines) is 1. The average molecular weight is 455 g/mol. The standard InChI is InChI=1S/C25H27ClN2O4/c1-2-30-21-5-3-4-6-22(21)31-20-13-15-28(16-14-20)25(29)12-11-24-27-17-23(32-24)18-7-9-19(26)10-8-18/h3-10,17,20H,2,11-16H2,1H3. The number of amides is 1. The lowest BCUT2D eigenvalue weighted by atomic mass is 10.1. The summed E-state index contributed by atoms with van der Waals surface area (Å²) in [5.74, 6) is 2.88. The fourth-order valence-electron chi connectivity index (χ4n) is 3.77. The van der Waals surface area contributed by atoms with E-state index < -0.39 is 0 Å². The van der Waals surface area contributed by atoms with Gasteiger partial charge in [0.15, 0.2) is 23.1 Å². The van der Waals surface area contributed by atoms with Crippen molar-refractivity contribution in [2.24, 2.45) is 0 Å². The number of carbonyl (C=O) groups excluding carboxylic acids is 1. The van der Waals surface area contributed by atoms with Crippen LogP contribution in [0.5, 0.6) is 11.5 Å². The van der Waals surface area contributed by atoms with E-state index in [4.69, 9.17) is 25.5 Å². The number of rotatable bonds is 8. The van der Waals surface area contributed by atoms with Gasteiger partial charge in [-0.25, -0.2) is 4.98 Å². The Kier molecular flexibility index (Phi) is 7.32. The number of hydrogen-bond acceptors (Lipinski definition) is 5. The number of halogens is 1. The first-order valence-corrected chi connectivity index (χ1v) is 11.4. The van der Waals surface area contributed by atoms with Crippen molar-refractivity contribution in [3.8, 4) is 22.8 Å². The zero-order chi connectivity index (χ0) is 22.3. The highest BCUT2D eigenvalue weighted by Crippen LogP contribution is 2.29. The molecule has 0 bridgehead atoms. The number of aromatic nitrogens is 1. The Morgan fingerprint density at radius 2 is 1.84 bits per heavy atom. The summed E-state index contributed by atoms with van der Waals surface area (Å²) in [7, 11) is 0. The van der Waals surface area contributed by atoms with Crippen LogP contribution in [0.2, 0.25) is 5.02 Å². The molecule has 0 aliphatic carbocycles. The van der Waals surface area contributed by atoms with Crippen molar-refractivity contribution >= 4 is 17.5 Å². The van der Waals surface area contributed by atoms with Gasteiger partial charge in [-0.1, -0.05) is 23.7 Å². The molecule has 7 heteroatoms. The van der Waals surface area contributed by atoms with Crippen LogP contribution in [0.4, 0.5) is 0 Å². The lowest BCUT2D eigenvalue weighted by Crippen LogP contribution is -2.41. The van der Waals surface area contributed by atoms with E-state index in [0.717, 1.165) is 29.9 Å². The molecule has 3 aromatic rings. The van der Waals surface area contributed by atoms with Crippen molar-refractivity contribution in [1.29, 1.82) is 0 Å². The van der Waals surface area contributed by atoms with E-state index in [9.17, 15) is 4.79 Å². The van der Waals surface area contributed by atoms with Gasteiger partial charge in [0.05, 0.1) is 12.8 Å². The Labute approximate surface area is 193 Å². The molecule has 0 saturated carbocycles. The number of nitrogens with zero attached hydrogens (tertiary/aromatic N) is 2. The average Bonchev–Trinajstić information content (AvgIpc) is 3.29. The largest absolute Gasteiger partial charge is 0.490 e. The zero-order valence-corrected chi connectivity index (χ0v) is 18.9. The molecule has 168 valence electrons. The van der Waals surface area contributed by atoms with Crippen LogP contribution in [-0.4, -0.2) is 41.6 Å². The van der Waals surface area contributed by atoms with Crippen molar-refractivity contribution in [3.63, 3.8) is 0 Å². The molecule has 2 heterocycles. The van der Waals surface area contributed by atoms with Gasteiger partial charge in [-0.05, 0) is 43.3 Å². The van der Waals surface area contributed by atoms with Gasteiger partial charge >= 0.3 is 0 Å². The van der Waals surface area contributed by atoms with E-state index in [1.54, 1.807) is 6.20 Å². The second-order valence-corrected chi connectivity index (χ2v) is 8.14. The maximum absolute atomic E-state index is 12.7. The highest BCUT2D eigenvalue weighted by molar-refractivity contribution is 6.30. The summed E-state index contributed by atoms with van der Waals surface area (Å²) in [4.78, 5) is 18.9. The minimum absolute atomic E-state index is 0.0781. The molecule has 2 aromatic carbocycles. The Morgan fingerprint density at radius 1 is 1.12 bits per heavy atom. The molecule has 1 aliphatic heterocycles. The molecule has 0 N–H and O–H groups in total. The Bertz CT molecular complexity index is 1030. The number of hydrogen-bond donors (Lipinski definition) is 0. The molecule has 0 radical (unpaired) electrons. The van der Waals surface area contributed by atoms with Crippen molar-refractivity contribution in [2.75, 3.05) is 19.7 Å². The van der Waals surface area contributed by atoms with Gasteiger partial charge in [-0.2, -0.15) is 0 Å². The van der Waals surface area contributed by atoms with Crippen LogP contribution in [0.3, 0.4) is 0 Å². The summed E-state index contributed by atoms with van der Waals surface area (Å²) in [5, 5.41) is 0.673. The molecular formula is C25H27ClN2O4. The van der Waals surface area contributed by atoms with Gasteiger partial charge in [-0.3, -0.25) is 4.79 Å². The first-order chi connectivity index (χ1) is 15.6. The Morgan fingerprint density at radius 3 is 2.56 bits per heavy atom. The monoisotopic (exact) mass is 454 g/mol. The smallest absolute Gasteiger partial charge is 0.223 e. The van der Waals surface area contributed by atoms with E-state index in [1.807, 2.05) is 60.4 Å². The van der Waals surface area contributed by atoms with Gasteiger partial charge in [0, 0.05) is 49.4 Å². The summed E-state index contributed by atoms with van der Waals surface area (Å²) in [6.07, 6.45) is 4.21. The molecular weight excluding hydrogens is 428 g/mol. The SMILES string of the molecule is CCOc1ccccc1OC1CCN(C(=O)CCc2ncc(-c3ccc(Cl)cc3)o2)CC1. The van der Waals surface area contributed by atoms with Crippen molar-refractivity contribution in [2.45, 2.75) is 38.7 Å². The van der Waals surface area contributed by atoms with E-state index >= 15 is 0 Å². The number of piperidine rings is 1. The normalized spacial score (nSPS) is 14.4. The maximum Gasteiger partial charge on any atom is 0.223 e. The predicted molar refractivity (Wildman–Crippen MR) is 123 cm³/mol. The summed E-state index contributed by atoms with van der Waals surface area (Å²) in [6.45, 7) is 3.92. The number of ether oxygens (including phenoxy) is 2. The maximum atomic E-state index is 12.7. The van der Waals surface area contributed by atoms with Crippen LogP contribution < -0.4 is 9.47 Å². The molecule has 0 spiro atoms. The number of aryl methyl sites for hydroxylation is 1. The molecule has 1 amide bonds. The van der Waals surface area contributed by atoms with Crippen molar-refractivity contribution in [1.82, 2.24) is 9.88 Å². The minimum Gasteiger partial charge on any atom is -0.490 e. The molecule has 1 fully saturated rings. The van der Waals surface area contributed by atoms with E-state index in [-0.39, 0.29) is 12.0 Å². The van der Waals surface area contributed by atoms with Gasteiger partial charge in [-0.15, -0.1) is 0 Å². The van der Waals surface area contributed by atoms with Crippen molar-refractivity contribution < 1.29 is 18.7 Å². The molecule has 32 heavy (non-hydrogen) atoms. The topological polar surface area (TPSA) is 64.8 Å². The summed E-state index contributed by atoms with van der Waals surface area (Å²) in [5.41, 5.74) is 0.910. The quantitative estimate of drug-likeness (QED) is 0.456. The van der Waals surface area contributed by atoms with Gasteiger partial charge in [0.1, 0.15) is 6.10 Å². The van der Waals surface area contributed by atoms with Crippen molar-refractivity contribution in [3.05, 3.63) is 65.6 Å². The second kappa shape index (κ2) is 10.6. The zero-order valence-electron chi connectivity index (χ0n) is 18.1. The van der Waals surface area contributed by atoms with Gasteiger partial charge in [0.25, 0.3) is 0 Å². The Balaban J connectivity index is 1.24. The molecule has 1 aromatic heterocycles. The fraction of sp³-hybridized carbons (Fsp3) is 0.360. The van der Waals surface area contributed by atoms with Crippen LogP contribution >= 0.6 is 11.6 Å². The van der Waals surface area contributed by atoms with Crippen LogP contribution in [0.1, 0.15) is 32.1 Å². The highest BCUT2D eigenvalue weighted by Gasteiger charge is 2.25. The lowest BCUT2D eigenvalue weighted by Gasteiger charge is -2.32. The molecule has 1 aliphatic rings. The number of benzene rings is 2. The summed E-state index contributed by atoms with van der Waals surface area (Å²) >= 11 is 5.93. The van der Waals surface area contributed by atoms with E-state index in [2.05, 4.69) is 4.98 Å². The van der Waals surface area contributed by atoms with E-state index in [0.29, 0.717) is 49.2 Å².